The number of hydrogen-bond donors (Lipinski definition) is 0. The van der Waals surface area contributed by atoms with Crippen LogP contribution in [0.4, 0.5) is 0 Å². The fraction of sp³-hybridized carbons (Fsp3) is 0.318. The Morgan fingerprint density at radius 1 is 1.04 bits per heavy atom. The van der Waals surface area contributed by atoms with Gasteiger partial charge < -0.3 is 13.3 Å². The Morgan fingerprint density at radius 3 is 2.44 bits per heavy atom. The second-order valence-corrected chi connectivity index (χ2v) is 8.87. The molecule has 0 aromatic heterocycles. The Labute approximate surface area is 162 Å². The molecule has 0 fully saturated rings. The van der Waals surface area contributed by atoms with Gasteiger partial charge in [-0.15, -0.1) is 0 Å². The SMILES string of the molecule is C=CC(=O)CCO[Si](OCC)(OCC)c1cccc2c1Cc1ccccc1-2. The highest BCUT2D eigenvalue weighted by Gasteiger charge is 2.46. The zero-order valence-corrected chi connectivity index (χ0v) is 17.0. The van der Waals surface area contributed by atoms with E-state index in [9.17, 15) is 4.79 Å². The summed E-state index contributed by atoms with van der Waals surface area (Å²) >= 11 is 0. The van der Waals surface area contributed by atoms with E-state index < -0.39 is 8.80 Å². The molecule has 1 aliphatic rings. The fourth-order valence-corrected chi connectivity index (χ4v) is 6.31. The van der Waals surface area contributed by atoms with Gasteiger partial charge in [0.25, 0.3) is 0 Å². The van der Waals surface area contributed by atoms with E-state index in [1.807, 2.05) is 19.9 Å². The maximum absolute atomic E-state index is 11.6. The van der Waals surface area contributed by atoms with Crippen molar-refractivity contribution >= 4 is 19.8 Å². The van der Waals surface area contributed by atoms with Crippen molar-refractivity contribution in [2.75, 3.05) is 19.8 Å². The van der Waals surface area contributed by atoms with Crippen LogP contribution in [0.15, 0.2) is 55.1 Å². The summed E-state index contributed by atoms with van der Waals surface area (Å²) in [4.78, 5) is 11.6. The topological polar surface area (TPSA) is 44.8 Å². The molecule has 0 radical (unpaired) electrons. The summed E-state index contributed by atoms with van der Waals surface area (Å²) in [6.07, 6.45) is 2.43. The first-order valence-corrected chi connectivity index (χ1v) is 11.2. The lowest BCUT2D eigenvalue weighted by Gasteiger charge is -2.30. The van der Waals surface area contributed by atoms with E-state index in [0.717, 1.165) is 11.6 Å². The van der Waals surface area contributed by atoms with Crippen molar-refractivity contribution in [3.05, 3.63) is 66.2 Å². The smallest absolute Gasteiger partial charge is 0.370 e. The highest BCUT2D eigenvalue weighted by atomic mass is 28.4. The molecule has 0 bridgehead atoms. The quantitative estimate of drug-likeness (QED) is 0.397. The number of benzene rings is 2. The Bertz CT molecular complexity index is 825. The number of allylic oxidation sites excluding steroid dienone is 1. The van der Waals surface area contributed by atoms with Gasteiger partial charge in [-0.25, -0.2) is 0 Å². The average molecular weight is 383 g/mol. The van der Waals surface area contributed by atoms with Gasteiger partial charge in [0.15, 0.2) is 5.78 Å². The van der Waals surface area contributed by atoms with Crippen molar-refractivity contribution in [2.45, 2.75) is 26.7 Å². The highest BCUT2D eigenvalue weighted by molar-refractivity contribution is 6.76. The lowest BCUT2D eigenvalue weighted by Crippen LogP contribution is -2.58. The van der Waals surface area contributed by atoms with Crippen LogP contribution in [0.25, 0.3) is 11.1 Å². The summed E-state index contributed by atoms with van der Waals surface area (Å²) in [6.45, 7) is 8.63. The fourth-order valence-electron chi connectivity index (χ4n) is 3.57. The van der Waals surface area contributed by atoms with Crippen LogP contribution in [0.1, 0.15) is 31.4 Å². The number of ketones is 1. The molecule has 0 unspecified atom stereocenters. The monoisotopic (exact) mass is 382 g/mol. The van der Waals surface area contributed by atoms with Crippen molar-refractivity contribution in [1.29, 1.82) is 0 Å². The predicted octanol–water partition coefficient (Wildman–Crippen LogP) is 3.64. The van der Waals surface area contributed by atoms with E-state index in [1.165, 1.54) is 28.3 Å². The van der Waals surface area contributed by atoms with Crippen LogP contribution >= 0.6 is 0 Å². The van der Waals surface area contributed by atoms with E-state index in [2.05, 4.69) is 43.0 Å². The molecule has 0 amide bonds. The molecular formula is C22H26O4Si. The maximum atomic E-state index is 11.6. The summed E-state index contributed by atoms with van der Waals surface area (Å²) in [5.74, 6) is -0.0448. The van der Waals surface area contributed by atoms with Gasteiger partial charge in [-0.3, -0.25) is 4.79 Å². The molecule has 4 nitrogen and oxygen atoms in total. The minimum Gasteiger partial charge on any atom is -0.370 e. The Kier molecular flexibility index (Phi) is 6.39. The van der Waals surface area contributed by atoms with E-state index in [1.54, 1.807) is 0 Å². The first-order valence-electron chi connectivity index (χ1n) is 9.43. The third-order valence-electron chi connectivity index (χ3n) is 4.72. The molecule has 0 saturated carbocycles. The number of hydrogen-bond acceptors (Lipinski definition) is 4. The molecular weight excluding hydrogens is 356 g/mol. The summed E-state index contributed by atoms with van der Waals surface area (Å²) in [5.41, 5.74) is 4.98. The first-order chi connectivity index (χ1) is 13.1. The molecule has 0 spiro atoms. The highest BCUT2D eigenvalue weighted by Crippen LogP contribution is 2.36. The zero-order valence-electron chi connectivity index (χ0n) is 16.0. The molecule has 1 aliphatic carbocycles. The molecule has 0 heterocycles. The van der Waals surface area contributed by atoms with Crippen LogP contribution in [0, 0.1) is 0 Å². The average Bonchev–Trinajstić information content (AvgIpc) is 3.06. The third-order valence-corrected chi connectivity index (χ3v) is 7.77. The Hall–Kier alpha value is -2.05. The van der Waals surface area contributed by atoms with Crippen LogP contribution in [-0.2, 0) is 24.5 Å². The van der Waals surface area contributed by atoms with E-state index in [4.69, 9.17) is 13.3 Å². The van der Waals surface area contributed by atoms with Crippen LogP contribution in [0.3, 0.4) is 0 Å². The van der Waals surface area contributed by atoms with Crippen molar-refractivity contribution in [2.24, 2.45) is 0 Å². The Morgan fingerprint density at radius 2 is 1.74 bits per heavy atom. The summed E-state index contributed by atoms with van der Waals surface area (Å²) in [6, 6.07) is 14.7. The minimum atomic E-state index is -3.13. The van der Waals surface area contributed by atoms with Crippen molar-refractivity contribution in [3.8, 4) is 11.1 Å². The van der Waals surface area contributed by atoms with Gasteiger partial charge in [-0.05, 0) is 48.6 Å². The number of carbonyl (C=O) groups is 1. The van der Waals surface area contributed by atoms with E-state index in [-0.39, 0.29) is 18.8 Å². The number of fused-ring (bicyclic) bond motifs is 3. The second kappa shape index (κ2) is 8.76. The molecule has 0 atom stereocenters. The summed E-state index contributed by atoms with van der Waals surface area (Å²) in [5, 5.41) is 1.01. The van der Waals surface area contributed by atoms with E-state index in [0.29, 0.717) is 13.2 Å². The molecule has 0 saturated heterocycles. The van der Waals surface area contributed by atoms with Gasteiger partial charge in [0.1, 0.15) is 0 Å². The molecule has 3 rings (SSSR count). The van der Waals surface area contributed by atoms with Crippen LogP contribution in [-0.4, -0.2) is 34.4 Å². The molecule has 142 valence electrons. The number of carbonyl (C=O) groups excluding carboxylic acids is 1. The lowest BCUT2D eigenvalue weighted by molar-refractivity contribution is -0.115. The molecule has 2 aromatic rings. The predicted molar refractivity (Wildman–Crippen MR) is 109 cm³/mol. The minimum absolute atomic E-state index is 0.0448. The lowest BCUT2D eigenvalue weighted by atomic mass is 10.1. The molecule has 0 aliphatic heterocycles. The van der Waals surface area contributed by atoms with Crippen LogP contribution < -0.4 is 5.19 Å². The zero-order chi connectivity index (χ0) is 19.3. The van der Waals surface area contributed by atoms with Gasteiger partial charge >= 0.3 is 8.80 Å². The van der Waals surface area contributed by atoms with Gasteiger partial charge in [0.2, 0.25) is 0 Å². The van der Waals surface area contributed by atoms with Gasteiger partial charge in [0.05, 0.1) is 0 Å². The third kappa shape index (κ3) is 3.96. The molecule has 5 heteroatoms. The van der Waals surface area contributed by atoms with Crippen LogP contribution in [0.5, 0.6) is 0 Å². The largest absolute Gasteiger partial charge is 0.537 e. The molecule has 0 N–H and O–H groups in total. The second-order valence-electron chi connectivity index (χ2n) is 6.36. The summed E-state index contributed by atoms with van der Waals surface area (Å²) < 4.78 is 18.5. The van der Waals surface area contributed by atoms with Gasteiger partial charge in [-0.1, -0.05) is 49.0 Å². The van der Waals surface area contributed by atoms with E-state index >= 15 is 0 Å². The van der Waals surface area contributed by atoms with Gasteiger partial charge in [0, 0.05) is 31.4 Å². The van der Waals surface area contributed by atoms with Crippen molar-refractivity contribution < 1.29 is 18.1 Å². The molecule has 27 heavy (non-hydrogen) atoms. The van der Waals surface area contributed by atoms with Crippen LogP contribution in [0.2, 0.25) is 0 Å². The summed E-state index contributed by atoms with van der Waals surface area (Å²) in [7, 11) is -3.13. The number of rotatable bonds is 10. The standard InChI is InChI=1S/C22H26O4Si/c1-4-18(23)14-15-26-27(24-5-2,25-6-3)22-13-9-12-20-19-11-8-7-10-17(19)16-21(20)22/h4,7-13H,1,5-6,14-16H2,2-3H3. The maximum Gasteiger partial charge on any atom is 0.537 e. The normalized spacial score (nSPS) is 12.5. The Balaban J connectivity index is 2.00. The first kappa shape index (κ1) is 19.7. The van der Waals surface area contributed by atoms with Crippen molar-refractivity contribution in [3.63, 3.8) is 0 Å². The molecule has 2 aromatic carbocycles. The van der Waals surface area contributed by atoms with Crippen molar-refractivity contribution in [1.82, 2.24) is 0 Å². The van der Waals surface area contributed by atoms with Gasteiger partial charge in [-0.2, -0.15) is 0 Å².